The lowest BCUT2D eigenvalue weighted by atomic mass is 9.98. The van der Waals surface area contributed by atoms with E-state index in [1.807, 2.05) is 4.98 Å². The highest BCUT2D eigenvalue weighted by Gasteiger charge is 2.31. The number of aromatic amines is 2. The van der Waals surface area contributed by atoms with Crippen molar-refractivity contribution in [1.82, 2.24) is 9.97 Å². The summed E-state index contributed by atoms with van der Waals surface area (Å²) in [5, 5.41) is 2.20. The van der Waals surface area contributed by atoms with Crippen molar-refractivity contribution in [2.75, 3.05) is 18.2 Å². The number of carbonyl (C=O) groups excluding carboxylic acids is 1. The Labute approximate surface area is 135 Å². The first-order valence-electron chi connectivity index (χ1n) is 6.36. The first kappa shape index (κ1) is 17.2. The van der Waals surface area contributed by atoms with E-state index < -0.39 is 33.6 Å². The van der Waals surface area contributed by atoms with Gasteiger partial charge in [-0.25, -0.2) is 4.79 Å². The van der Waals surface area contributed by atoms with E-state index in [0.717, 1.165) is 0 Å². The maximum absolute atomic E-state index is 12.4. The van der Waals surface area contributed by atoms with Crippen LogP contribution in [0.15, 0.2) is 33.0 Å². The van der Waals surface area contributed by atoms with Gasteiger partial charge in [-0.05, 0) is 12.2 Å². The van der Waals surface area contributed by atoms with E-state index in [4.69, 9.17) is 16.2 Å². The Morgan fingerprint density at radius 1 is 1.25 bits per heavy atom. The molecular weight excluding hydrogens is 342 g/mol. The van der Waals surface area contributed by atoms with Crippen LogP contribution in [0, 0.1) is 0 Å². The van der Waals surface area contributed by atoms with Crippen LogP contribution >= 0.6 is 0 Å². The van der Waals surface area contributed by atoms with Crippen LogP contribution in [-0.4, -0.2) is 42.4 Å². The first-order chi connectivity index (χ1) is 11.3. The van der Waals surface area contributed by atoms with E-state index in [1.54, 1.807) is 0 Å². The van der Waals surface area contributed by atoms with Gasteiger partial charge in [-0.3, -0.25) is 19.6 Å². The number of nitrogen functional groups attached to an aromatic ring is 1. The van der Waals surface area contributed by atoms with Crippen molar-refractivity contribution in [1.29, 1.82) is 0 Å². The van der Waals surface area contributed by atoms with Gasteiger partial charge in [0.15, 0.2) is 0 Å². The Balaban J connectivity index is 2.46. The average Bonchev–Trinajstić information content (AvgIpc) is 2.49. The van der Waals surface area contributed by atoms with Crippen LogP contribution in [0.2, 0.25) is 0 Å². The number of hydrogen-bond acceptors (Lipinski definition) is 8. The van der Waals surface area contributed by atoms with Gasteiger partial charge in [-0.15, -0.1) is 0 Å². The molecule has 1 amide bonds. The summed E-state index contributed by atoms with van der Waals surface area (Å²) >= 11 is 0. The average molecular weight is 355 g/mol. The molecule has 1 atom stereocenters. The summed E-state index contributed by atoms with van der Waals surface area (Å²) in [6, 6.07) is 0. The molecule has 7 N–H and O–H groups in total. The number of amides is 1. The van der Waals surface area contributed by atoms with E-state index >= 15 is 0 Å². The maximum atomic E-state index is 12.4. The number of anilines is 2. The summed E-state index contributed by atoms with van der Waals surface area (Å²) in [6.45, 7) is 0. The van der Waals surface area contributed by atoms with Crippen molar-refractivity contribution in [2.24, 2.45) is 5.73 Å². The molecular formula is C12H13N5O6S. The van der Waals surface area contributed by atoms with E-state index in [0.29, 0.717) is 0 Å². The molecule has 0 radical (unpaired) electrons. The molecule has 1 heterocycles. The summed E-state index contributed by atoms with van der Waals surface area (Å²) in [5.74, 6) is -1.20. The van der Waals surface area contributed by atoms with Gasteiger partial charge in [0.1, 0.15) is 22.5 Å². The van der Waals surface area contributed by atoms with Gasteiger partial charge in [0, 0.05) is 7.11 Å². The van der Waals surface area contributed by atoms with Crippen LogP contribution in [0.4, 0.5) is 11.5 Å². The third kappa shape index (κ3) is 3.13. The number of allylic oxidation sites excluding steroid dienone is 2. The quantitative estimate of drug-likeness (QED) is 0.365. The Bertz CT molecular complexity index is 1010. The van der Waals surface area contributed by atoms with Crippen molar-refractivity contribution in [3.63, 3.8) is 0 Å². The third-order valence-corrected chi connectivity index (χ3v) is 3.94. The van der Waals surface area contributed by atoms with E-state index in [-0.39, 0.29) is 27.6 Å². The van der Waals surface area contributed by atoms with Gasteiger partial charge in [0.2, 0.25) is 10.3 Å². The first-order valence-corrected chi connectivity index (χ1v) is 7.43. The normalized spacial score (nSPS) is 17.0. The summed E-state index contributed by atoms with van der Waals surface area (Å²) in [5.41, 5.74) is 8.74. The fourth-order valence-corrected chi connectivity index (χ4v) is 2.73. The minimum atomic E-state index is -2.72. The molecule has 11 nitrogen and oxygen atoms in total. The number of carbonyl (C=O) groups is 1. The fraction of sp³-hybridized carbons (Fsp3) is 0.167. The second kappa shape index (κ2) is 6.55. The van der Waals surface area contributed by atoms with Crippen LogP contribution < -0.4 is 28.0 Å². The molecule has 0 saturated heterocycles. The molecule has 0 aromatic carbocycles. The topological polar surface area (TPSA) is 190 Å². The predicted octanol–water partition coefficient (Wildman–Crippen LogP) is -2.57. The summed E-state index contributed by atoms with van der Waals surface area (Å²) in [6.07, 6.45) is 1.22. The number of hydrogen-bond donors (Lipinski definition) is 5. The van der Waals surface area contributed by atoms with Crippen LogP contribution in [0.3, 0.4) is 0 Å². The molecule has 1 aliphatic rings. The molecule has 1 unspecified atom stereocenters. The highest BCUT2D eigenvalue weighted by Crippen LogP contribution is 2.19. The molecule has 1 aliphatic carbocycles. The SMILES string of the molecule is COC1C(C(=O)Nc2c(N)[nH]c(=O)[nH]c2=O)=CC=C(N)C1=S(=O)=O. The lowest BCUT2D eigenvalue weighted by molar-refractivity contribution is -0.113. The predicted molar refractivity (Wildman–Crippen MR) is 85.8 cm³/mol. The standard InChI is InChI=1S/C12H13N5O6S/c1-23-7-4(2-3-5(13)8(7)24(21)22)10(18)15-6-9(14)16-12(20)17-11(6)19/h2-3,7H,13H2,1H3,(H,15,18)(H4,14,16,17,19,20). The molecule has 0 fully saturated rings. The number of aromatic nitrogens is 2. The maximum Gasteiger partial charge on any atom is 0.327 e. The molecule has 0 saturated carbocycles. The highest BCUT2D eigenvalue weighted by molar-refractivity contribution is 7.73. The lowest BCUT2D eigenvalue weighted by Crippen LogP contribution is -2.38. The van der Waals surface area contributed by atoms with Crippen LogP contribution in [0.25, 0.3) is 0 Å². The van der Waals surface area contributed by atoms with E-state index in [9.17, 15) is 22.8 Å². The second-order valence-electron chi connectivity index (χ2n) is 4.61. The number of methoxy groups -OCH3 is 1. The van der Waals surface area contributed by atoms with Gasteiger partial charge >= 0.3 is 5.69 Å². The van der Waals surface area contributed by atoms with Gasteiger partial charge in [-0.1, -0.05) is 0 Å². The molecule has 2 rings (SSSR count). The molecule has 24 heavy (non-hydrogen) atoms. The molecule has 0 bridgehead atoms. The van der Waals surface area contributed by atoms with E-state index in [1.165, 1.54) is 19.3 Å². The zero-order valence-corrected chi connectivity index (χ0v) is 13.1. The minimum absolute atomic E-state index is 0.0758. The van der Waals surface area contributed by atoms with Crippen LogP contribution in [0.1, 0.15) is 0 Å². The molecule has 1 aromatic heterocycles. The number of ether oxygens (including phenoxy) is 1. The Kier molecular flexibility index (Phi) is 4.71. The van der Waals surface area contributed by atoms with Crippen molar-refractivity contribution in [3.05, 3.63) is 44.3 Å². The van der Waals surface area contributed by atoms with Gasteiger partial charge in [0.25, 0.3) is 11.5 Å². The Morgan fingerprint density at radius 3 is 2.46 bits per heavy atom. The highest BCUT2D eigenvalue weighted by atomic mass is 32.2. The zero-order chi connectivity index (χ0) is 18.0. The Morgan fingerprint density at radius 2 is 1.92 bits per heavy atom. The minimum Gasteiger partial charge on any atom is -0.398 e. The zero-order valence-electron chi connectivity index (χ0n) is 12.2. The van der Waals surface area contributed by atoms with Gasteiger partial charge in [0.05, 0.1) is 11.3 Å². The fourth-order valence-electron chi connectivity index (χ4n) is 2.07. The molecule has 0 spiro atoms. The molecule has 12 heteroatoms. The Hall–Kier alpha value is -3.12. The molecule has 128 valence electrons. The summed E-state index contributed by atoms with van der Waals surface area (Å²) in [4.78, 5) is 38.8. The van der Waals surface area contributed by atoms with Crippen LogP contribution in [0.5, 0.6) is 0 Å². The van der Waals surface area contributed by atoms with Gasteiger partial charge in [-0.2, -0.15) is 8.42 Å². The van der Waals surface area contributed by atoms with Gasteiger partial charge < -0.3 is 21.5 Å². The van der Waals surface area contributed by atoms with Crippen molar-refractivity contribution >= 4 is 32.6 Å². The summed E-state index contributed by atoms with van der Waals surface area (Å²) in [7, 11) is -1.53. The van der Waals surface area contributed by atoms with E-state index in [2.05, 4.69) is 10.3 Å². The van der Waals surface area contributed by atoms with Crippen molar-refractivity contribution in [3.8, 4) is 0 Å². The number of nitrogens with two attached hydrogens (primary N) is 2. The number of nitrogens with one attached hydrogen (secondary N) is 3. The number of H-pyrrole nitrogens is 2. The summed E-state index contributed by atoms with van der Waals surface area (Å²) < 4.78 is 27.6. The lowest BCUT2D eigenvalue weighted by Gasteiger charge is -2.22. The smallest absolute Gasteiger partial charge is 0.327 e. The van der Waals surface area contributed by atoms with Crippen molar-refractivity contribution < 1.29 is 17.9 Å². The largest absolute Gasteiger partial charge is 0.398 e. The molecule has 1 aromatic rings. The van der Waals surface area contributed by atoms with Crippen LogP contribution in [-0.2, 0) is 19.8 Å². The van der Waals surface area contributed by atoms with Crippen molar-refractivity contribution in [2.45, 2.75) is 6.10 Å². The number of rotatable bonds is 3. The second-order valence-corrected chi connectivity index (χ2v) is 5.52. The monoisotopic (exact) mass is 355 g/mol. The molecule has 0 aliphatic heterocycles. The third-order valence-electron chi connectivity index (χ3n) is 3.14.